The van der Waals surface area contributed by atoms with Gasteiger partial charge in [0.25, 0.3) is 0 Å². The number of rotatable bonds is 10. The molecule has 2 atom stereocenters. The zero-order chi connectivity index (χ0) is 29.6. The quantitative estimate of drug-likeness (QED) is 0.130. The summed E-state index contributed by atoms with van der Waals surface area (Å²) in [4.78, 5) is 12.0. The largest absolute Gasteiger partial charge is 0.513 e. The van der Waals surface area contributed by atoms with Gasteiger partial charge in [0.05, 0.1) is 19.3 Å². The Kier molecular flexibility index (Phi) is 10.5. The molecule has 220 valence electrons. The third-order valence-electron chi connectivity index (χ3n) is 6.93. The van der Waals surface area contributed by atoms with Crippen molar-refractivity contribution >= 4 is 25.4 Å². The van der Waals surface area contributed by atoms with Crippen LogP contribution < -0.4 is 9.47 Å². The first-order chi connectivity index (χ1) is 19.6. The van der Waals surface area contributed by atoms with Gasteiger partial charge >= 0.3 is 13.8 Å². The molecule has 0 bridgehead atoms. The smallest absolute Gasteiger partial charge is 0.481 e. The van der Waals surface area contributed by atoms with Gasteiger partial charge in [0.2, 0.25) is 0 Å². The van der Waals surface area contributed by atoms with Gasteiger partial charge in [-0.05, 0) is 96.3 Å². The van der Waals surface area contributed by atoms with Crippen molar-refractivity contribution in [1.82, 2.24) is 0 Å². The molecule has 1 aliphatic heterocycles. The highest BCUT2D eigenvalue weighted by Crippen LogP contribution is 2.56. The van der Waals surface area contributed by atoms with Crippen molar-refractivity contribution in [3.05, 3.63) is 93.0 Å². The summed E-state index contributed by atoms with van der Waals surface area (Å²) in [5, 5.41) is 0.603. The standard InChI is InChI=1S/C32H38ClO7P/c1-6-13-36-32(34)39-31-11-10-24(17-28(31)21(2)3)18-29-22(4)15-27(16-23(29)5)37-20-41(35)38-14-12-30(40-41)25-8-7-9-26(33)19-25/h7-11,15-17,19,21,30H,6,12-14,18,20H2,1-5H3/t30-,41+/m0/s1. The third kappa shape index (κ3) is 8.36. The number of aryl methyl sites for hydroxylation is 2. The molecule has 0 aliphatic carbocycles. The van der Waals surface area contributed by atoms with Gasteiger partial charge < -0.3 is 18.7 Å². The van der Waals surface area contributed by atoms with E-state index >= 15 is 0 Å². The summed E-state index contributed by atoms with van der Waals surface area (Å²) in [6, 6.07) is 17.1. The van der Waals surface area contributed by atoms with Crippen LogP contribution in [0.3, 0.4) is 0 Å². The molecule has 0 aromatic heterocycles. The average molecular weight is 601 g/mol. The van der Waals surface area contributed by atoms with Crippen molar-refractivity contribution in [2.45, 2.75) is 65.9 Å². The summed E-state index contributed by atoms with van der Waals surface area (Å²) in [7, 11) is -3.46. The molecule has 1 fully saturated rings. The normalized spacial score (nSPS) is 18.8. The third-order valence-corrected chi connectivity index (χ3v) is 8.76. The molecule has 1 saturated heterocycles. The van der Waals surface area contributed by atoms with Crippen LogP contribution in [-0.4, -0.2) is 25.7 Å². The second-order valence-electron chi connectivity index (χ2n) is 10.6. The molecule has 0 N–H and O–H groups in total. The van der Waals surface area contributed by atoms with Crippen molar-refractivity contribution in [3.8, 4) is 11.5 Å². The van der Waals surface area contributed by atoms with Crippen molar-refractivity contribution in [2.75, 3.05) is 19.6 Å². The molecule has 1 aliphatic rings. The van der Waals surface area contributed by atoms with Gasteiger partial charge in [-0.2, -0.15) is 0 Å². The monoisotopic (exact) mass is 600 g/mol. The number of carbonyl (C=O) groups is 1. The van der Waals surface area contributed by atoms with Crippen LogP contribution in [-0.2, 0) is 24.8 Å². The van der Waals surface area contributed by atoms with E-state index in [2.05, 4.69) is 19.9 Å². The minimum atomic E-state index is -3.46. The molecule has 41 heavy (non-hydrogen) atoms. The lowest BCUT2D eigenvalue weighted by Crippen LogP contribution is -2.17. The van der Waals surface area contributed by atoms with E-state index in [0.717, 1.165) is 34.2 Å². The van der Waals surface area contributed by atoms with Crippen molar-refractivity contribution < 1.29 is 32.6 Å². The fourth-order valence-corrected chi connectivity index (χ4v) is 6.51. The van der Waals surface area contributed by atoms with E-state index in [0.29, 0.717) is 42.6 Å². The van der Waals surface area contributed by atoms with Gasteiger partial charge in [-0.15, -0.1) is 0 Å². The van der Waals surface area contributed by atoms with E-state index in [-0.39, 0.29) is 18.4 Å². The lowest BCUT2D eigenvalue weighted by atomic mass is 9.93. The first kappa shape index (κ1) is 31.1. The topological polar surface area (TPSA) is 80.3 Å². The van der Waals surface area contributed by atoms with Gasteiger partial charge in [0, 0.05) is 11.4 Å². The van der Waals surface area contributed by atoms with Gasteiger partial charge in [0.15, 0.2) is 6.35 Å². The maximum absolute atomic E-state index is 13.3. The number of hydrogen-bond donors (Lipinski definition) is 0. The van der Waals surface area contributed by atoms with Gasteiger partial charge in [-0.3, -0.25) is 9.09 Å². The van der Waals surface area contributed by atoms with E-state index in [1.165, 1.54) is 5.56 Å². The fourth-order valence-electron chi connectivity index (χ4n) is 4.81. The number of hydrogen-bond acceptors (Lipinski definition) is 7. The Morgan fingerprint density at radius 3 is 2.54 bits per heavy atom. The van der Waals surface area contributed by atoms with E-state index in [1.807, 2.05) is 63.2 Å². The van der Waals surface area contributed by atoms with E-state index < -0.39 is 13.8 Å². The molecule has 0 saturated carbocycles. The summed E-state index contributed by atoms with van der Waals surface area (Å²) >= 11 is 6.13. The molecule has 0 radical (unpaired) electrons. The predicted octanol–water partition coefficient (Wildman–Crippen LogP) is 9.30. The average Bonchev–Trinajstić information content (AvgIpc) is 2.93. The van der Waals surface area contributed by atoms with E-state index in [4.69, 9.17) is 34.9 Å². The van der Waals surface area contributed by atoms with Gasteiger partial charge in [0.1, 0.15) is 11.5 Å². The highest BCUT2D eigenvalue weighted by Gasteiger charge is 2.35. The predicted molar refractivity (Wildman–Crippen MR) is 160 cm³/mol. The number of carbonyl (C=O) groups excluding carboxylic acids is 1. The fraction of sp³-hybridized carbons (Fsp3) is 0.406. The van der Waals surface area contributed by atoms with Crippen LogP contribution in [0.2, 0.25) is 5.02 Å². The van der Waals surface area contributed by atoms with Crippen LogP contribution in [0.25, 0.3) is 0 Å². The Balaban J connectivity index is 1.44. The Morgan fingerprint density at radius 1 is 1.10 bits per heavy atom. The van der Waals surface area contributed by atoms with Crippen molar-refractivity contribution in [1.29, 1.82) is 0 Å². The van der Waals surface area contributed by atoms with Gasteiger partial charge in [-0.25, -0.2) is 4.79 Å². The molecule has 0 unspecified atom stereocenters. The zero-order valence-corrected chi connectivity index (χ0v) is 25.9. The Bertz CT molecular complexity index is 1400. The molecular weight excluding hydrogens is 563 g/mol. The first-order valence-corrected chi connectivity index (χ1v) is 16.0. The van der Waals surface area contributed by atoms with Crippen LogP contribution in [0.5, 0.6) is 11.5 Å². The second-order valence-corrected chi connectivity index (χ2v) is 13.0. The zero-order valence-electron chi connectivity index (χ0n) is 24.3. The summed E-state index contributed by atoms with van der Waals surface area (Å²) in [5.74, 6) is 1.28. The Labute approximate surface area is 247 Å². The molecule has 7 nitrogen and oxygen atoms in total. The highest BCUT2D eigenvalue weighted by atomic mass is 35.5. The van der Waals surface area contributed by atoms with Crippen LogP contribution in [0.1, 0.15) is 79.0 Å². The van der Waals surface area contributed by atoms with Crippen LogP contribution in [0, 0.1) is 13.8 Å². The second kappa shape index (κ2) is 13.9. The molecule has 0 spiro atoms. The van der Waals surface area contributed by atoms with Crippen molar-refractivity contribution in [2.24, 2.45) is 0 Å². The van der Waals surface area contributed by atoms with E-state index in [9.17, 15) is 9.36 Å². The van der Waals surface area contributed by atoms with E-state index in [1.54, 1.807) is 6.07 Å². The summed E-state index contributed by atoms with van der Waals surface area (Å²) in [6.45, 7) is 10.8. The van der Waals surface area contributed by atoms with Crippen LogP contribution in [0.4, 0.5) is 4.79 Å². The van der Waals surface area contributed by atoms with Crippen molar-refractivity contribution in [3.63, 3.8) is 0 Å². The van der Waals surface area contributed by atoms with Crippen LogP contribution in [0.15, 0.2) is 54.6 Å². The molecule has 9 heteroatoms. The number of ether oxygens (including phenoxy) is 3. The summed E-state index contributed by atoms with van der Waals surface area (Å²) < 4.78 is 41.3. The maximum Gasteiger partial charge on any atom is 0.513 e. The first-order valence-electron chi connectivity index (χ1n) is 13.9. The lowest BCUT2D eigenvalue weighted by Gasteiger charge is -2.30. The number of halogens is 1. The summed E-state index contributed by atoms with van der Waals surface area (Å²) in [6.07, 6.45) is 0.796. The van der Waals surface area contributed by atoms with Gasteiger partial charge in [-0.1, -0.05) is 56.6 Å². The van der Waals surface area contributed by atoms with Crippen LogP contribution >= 0.6 is 19.2 Å². The molecule has 0 amide bonds. The molecule has 4 rings (SSSR count). The number of benzene rings is 3. The SMILES string of the molecule is CCCOC(=O)Oc1ccc(Cc2c(C)cc(OC[P@@]3(=O)OCC[C@@H](c4cccc(Cl)c4)O3)cc2C)cc1C(C)C. The Morgan fingerprint density at radius 2 is 1.85 bits per heavy atom. The molecule has 3 aromatic carbocycles. The molecule has 3 aromatic rings. The highest BCUT2D eigenvalue weighted by molar-refractivity contribution is 7.53. The minimum Gasteiger partial charge on any atom is -0.481 e. The maximum atomic E-state index is 13.3. The molecular formula is C32H38ClO7P. The summed E-state index contributed by atoms with van der Waals surface area (Å²) in [5.41, 5.74) is 6.18. The Hall–Kier alpha value is -2.83. The minimum absolute atomic E-state index is 0.160. The lowest BCUT2D eigenvalue weighted by molar-refractivity contribution is 0.0725. The molecule has 1 heterocycles.